The van der Waals surface area contributed by atoms with Gasteiger partial charge in [-0.1, -0.05) is 52.0 Å². The second-order valence-corrected chi connectivity index (χ2v) is 6.83. The van der Waals surface area contributed by atoms with Crippen LogP contribution in [0.3, 0.4) is 0 Å². The van der Waals surface area contributed by atoms with Gasteiger partial charge in [0.1, 0.15) is 4.32 Å². The number of halogens is 1. The summed E-state index contributed by atoms with van der Waals surface area (Å²) in [5.41, 5.74) is 0.983. The number of thioether (sulfide) groups is 1. The van der Waals surface area contributed by atoms with Gasteiger partial charge in [-0.25, -0.2) is 0 Å². The quantitative estimate of drug-likeness (QED) is 0.448. The number of methoxy groups -OCH3 is 1. The lowest BCUT2D eigenvalue weighted by Gasteiger charge is -2.13. The van der Waals surface area contributed by atoms with Crippen LogP contribution < -0.4 is 0 Å². The fraction of sp³-hybridized carbons (Fsp3) is 0.286. The largest absolute Gasteiger partial charge is 0.385 e. The van der Waals surface area contributed by atoms with Crippen molar-refractivity contribution in [2.75, 3.05) is 20.3 Å². The zero-order valence-electron chi connectivity index (χ0n) is 11.0. The van der Waals surface area contributed by atoms with Gasteiger partial charge in [-0.05, 0) is 30.2 Å². The molecule has 1 saturated heterocycles. The van der Waals surface area contributed by atoms with Gasteiger partial charge in [0, 0.05) is 24.7 Å². The van der Waals surface area contributed by atoms with Gasteiger partial charge in [-0.15, -0.1) is 0 Å². The number of nitrogens with zero attached hydrogens (tertiary/aromatic N) is 1. The molecule has 1 aromatic rings. The van der Waals surface area contributed by atoms with Crippen molar-refractivity contribution in [3.05, 3.63) is 39.2 Å². The van der Waals surface area contributed by atoms with Crippen molar-refractivity contribution >= 4 is 56.2 Å². The third kappa shape index (κ3) is 3.91. The number of ether oxygens (including phenoxy) is 1. The van der Waals surface area contributed by atoms with E-state index in [-0.39, 0.29) is 5.91 Å². The van der Waals surface area contributed by atoms with E-state index in [1.807, 2.05) is 30.3 Å². The van der Waals surface area contributed by atoms with E-state index >= 15 is 0 Å². The molecule has 1 aliphatic heterocycles. The zero-order valence-corrected chi connectivity index (χ0v) is 14.2. The summed E-state index contributed by atoms with van der Waals surface area (Å²) in [6.07, 6.45) is 2.66. The highest BCUT2D eigenvalue weighted by Crippen LogP contribution is 2.32. The fourth-order valence-electron chi connectivity index (χ4n) is 1.81. The molecule has 1 heterocycles. The van der Waals surface area contributed by atoms with Crippen molar-refractivity contribution in [3.63, 3.8) is 0 Å². The number of carbonyl (C=O) groups is 1. The highest BCUT2D eigenvalue weighted by molar-refractivity contribution is 9.10. The molecule has 0 bridgehead atoms. The monoisotopic (exact) mass is 371 g/mol. The van der Waals surface area contributed by atoms with Gasteiger partial charge in [0.25, 0.3) is 5.91 Å². The molecule has 20 heavy (non-hydrogen) atoms. The molecule has 0 aliphatic carbocycles. The normalized spacial score (nSPS) is 17.3. The first-order valence-corrected chi connectivity index (χ1v) is 8.13. The molecule has 6 heteroatoms. The van der Waals surface area contributed by atoms with Crippen LogP contribution in [0.5, 0.6) is 0 Å². The van der Waals surface area contributed by atoms with E-state index in [0.717, 1.165) is 16.5 Å². The van der Waals surface area contributed by atoms with Gasteiger partial charge in [0.15, 0.2) is 0 Å². The minimum Gasteiger partial charge on any atom is -0.385 e. The Morgan fingerprint density at radius 1 is 1.50 bits per heavy atom. The number of carbonyl (C=O) groups excluding carboxylic acids is 1. The summed E-state index contributed by atoms with van der Waals surface area (Å²) in [5.74, 6) is -0.0175. The molecule has 0 aromatic heterocycles. The lowest BCUT2D eigenvalue weighted by Crippen LogP contribution is -2.29. The van der Waals surface area contributed by atoms with Gasteiger partial charge in [-0.3, -0.25) is 9.69 Å². The Labute approximate surface area is 136 Å². The number of hydrogen-bond donors (Lipinski definition) is 0. The smallest absolute Gasteiger partial charge is 0.266 e. The molecule has 0 atom stereocenters. The van der Waals surface area contributed by atoms with Crippen molar-refractivity contribution in [2.24, 2.45) is 0 Å². The van der Waals surface area contributed by atoms with Crippen LogP contribution in [0.4, 0.5) is 0 Å². The molecule has 1 aromatic carbocycles. The average Bonchev–Trinajstić information content (AvgIpc) is 2.66. The van der Waals surface area contributed by atoms with Crippen molar-refractivity contribution in [2.45, 2.75) is 6.42 Å². The second-order valence-electron chi connectivity index (χ2n) is 4.23. The predicted molar refractivity (Wildman–Crippen MR) is 90.5 cm³/mol. The number of rotatable bonds is 5. The van der Waals surface area contributed by atoms with Crippen molar-refractivity contribution < 1.29 is 9.53 Å². The number of thiocarbonyl (C=S) groups is 1. The molecule has 106 valence electrons. The highest BCUT2D eigenvalue weighted by Gasteiger charge is 2.31. The zero-order chi connectivity index (χ0) is 14.5. The van der Waals surface area contributed by atoms with Crippen LogP contribution >= 0.6 is 39.9 Å². The molecule has 1 aliphatic rings. The summed E-state index contributed by atoms with van der Waals surface area (Å²) in [7, 11) is 1.65. The van der Waals surface area contributed by atoms with Crippen molar-refractivity contribution in [1.29, 1.82) is 0 Å². The van der Waals surface area contributed by atoms with E-state index in [2.05, 4.69) is 15.9 Å². The van der Waals surface area contributed by atoms with E-state index in [4.69, 9.17) is 17.0 Å². The fourth-order valence-corrected chi connectivity index (χ4v) is 3.53. The summed E-state index contributed by atoms with van der Waals surface area (Å²) < 4.78 is 6.61. The molecule has 0 N–H and O–H groups in total. The Morgan fingerprint density at radius 3 is 3.00 bits per heavy atom. The Morgan fingerprint density at radius 2 is 2.30 bits per heavy atom. The number of amides is 1. The molecule has 0 saturated carbocycles. The van der Waals surface area contributed by atoms with Crippen LogP contribution in [0.2, 0.25) is 0 Å². The number of benzene rings is 1. The summed E-state index contributed by atoms with van der Waals surface area (Å²) in [6.45, 7) is 1.23. The summed E-state index contributed by atoms with van der Waals surface area (Å²) in [6, 6.07) is 7.82. The minimum atomic E-state index is -0.0175. The van der Waals surface area contributed by atoms with Gasteiger partial charge < -0.3 is 4.74 Å². The van der Waals surface area contributed by atoms with E-state index in [1.165, 1.54) is 11.8 Å². The van der Waals surface area contributed by atoms with E-state index in [1.54, 1.807) is 12.0 Å². The van der Waals surface area contributed by atoms with Crippen molar-refractivity contribution in [1.82, 2.24) is 4.90 Å². The van der Waals surface area contributed by atoms with Crippen LogP contribution in [0.15, 0.2) is 33.6 Å². The first-order valence-electron chi connectivity index (χ1n) is 6.11. The standard InChI is InChI=1S/C14H14BrNO2S2/c1-18-7-3-6-16-13(17)12(20-14(16)19)9-10-4-2-5-11(15)8-10/h2,4-5,8-9H,3,6-7H2,1H3. The summed E-state index contributed by atoms with van der Waals surface area (Å²) >= 11 is 10.0. The maximum atomic E-state index is 12.3. The molecular weight excluding hydrogens is 358 g/mol. The maximum Gasteiger partial charge on any atom is 0.266 e. The first-order chi connectivity index (χ1) is 9.61. The molecule has 0 unspecified atom stereocenters. The van der Waals surface area contributed by atoms with E-state index in [0.29, 0.717) is 22.4 Å². The first kappa shape index (κ1) is 15.7. The summed E-state index contributed by atoms with van der Waals surface area (Å²) in [5, 5.41) is 0. The molecule has 0 radical (unpaired) electrons. The Kier molecular flexibility index (Phi) is 5.77. The maximum absolute atomic E-state index is 12.3. The van der Waals surface area contributed by atoms with Crippen LogP contribution in [0.1, 0.15) is 12.0 Å². The topological polar surface area (TPSA) is 29.5 Å². The van der Waals surface area contributed by atoms with Gasteiger partial charge in [-0.2, -0.15) is 0 Å². The van der Waals surface area contributed by atoms with Crippen LogP contribution in [-0.2, 0) is 9.53 Å². The molecule has 0 spiro atoms. The predicted octanol–water partition coefficient (Wildman–Crippen LogP) is 3.69. The lowest BCUT2D eigenvalue weighted by molar-refractivity contribution is -0.122. The SMILES string of the molecule is COCCCN1C(=O)C(=Cc2cccc(Br)c2)SC1=S. The van der Waals surface area contributed by atoms with Crippen LogP contribution in [0.25, 0.3) is 6.08 Å². The summed E-state index contributed by atoms with van der Waals surface area (Å²) in [4.78, 5) is 14.6. The molecule has 1 amide bonds. The van der Waals surface area contributed by atoms with Gasteiger partial charge in [0.05, 0.1) is 4.91 Å². The Bertz CT molecular complexity index is 560. The Balaban J connectivity index is 2.11. The van der Waals surface area contributed by atoms with E-state index < -0.39 is 0 Å². The van der Waals surface area contributed by atoms with Crippen LogP contribution in [-0.4, -0.2) is 35.4 Å². The van der Waals surface area contributed by atoms with Gasteiger partial charge >= 0.3 is 0 Å². The minimum absolute atomic E-state index is 0.0175. The van der Waals surface area contributed by atoms with E-state index in [9.17, 15) is 4.79 Å². The number of hydrogen-bond acceptors (Lipinski definition) is 4. The third-order valence-corrected chi connectivity index (χ3v) is 4.62. The average molecular weight is 372 g/mol. The molecule has 1 fully saturated rings. The van der Waals surface area contributed by atoms with Crippen molar-refractivity contribution in [3.8, 4) is 0 Å². The third-order valence-electron chi connectivity index (χ3n) is 2.75. The van der Waals surface area contributed by atoms with Crippen LogP contribution in [0, 0.1) is 0 Å². The Hall–Kier alpha value is -0.690. The molecule has 3 nitrogen and oxygen atoms in total. The highest BCUT2D eigenvalue weighted by atomic mass is 79.9. The second kappa shape index (κ2) is 7.36. The lowest BCUT2D eigenvalue weighted by atomic mass is 10.2. The molecular formula is C14H14BrNO2S2. The molecule has 2 rings (SSSR count). The van der Waals surface area contributed by atoms with Gasteiger partial charge in [0.2, 0.25) is 0 Å².